The smallest absolute Gasteiger partial charge is 0.359 e. The van der Waals surface area contributed by atoms with Crippen molar-refractivity contribution in [1.82, 2.24) is 15.1 Å². The number of amides is 1. The van der Waals surface area contributed by atoms with Crippen LogP contribution >= 0.6 is 0 Å². The first-order chi connectivity index (χ1) is 11.1. The molecule has 1 N–H and O–H groups in total. The van der Waals surface area contributed by atoms with Crippen molar-refractivity contribution in [1.29, 1.82) is 0 Å². The second-order valence-electron chi connectivity index (χ2n) is 5.76. The van der Waals surface area contributed by atoms with Crippen molar-refractivity contribution in [2.75, 3.05) is 6.61 Å². The van der Waals surface area contributed by atoms with E-state index < -0.39 is 5.97 Å². The molecule has 0 unspecified atom stereocenters. The molecular formula is C16H23N3O4. The predicted molar refractivity (Wildman–Crippen MR) is 84.1 cm³/mol. The highest BCUT2D eigenvalue weighted by Crippen LogP contribution is 2.17. The van der Waals surface area contributed by atoms with Crippen LogP contribution in [0.3, 0.4) is 0 Å². The van der Waals surface area contributed by atoms with E-state index in [1.54, 1.807) is 0 Å². The average Bonchev–Trinajstić information content (AvgIpc) is 2.56. The highest BCUT2D eigenvalue weighted by molar-refractivity contribution is 5.89. The fourth-order valence-electron chi connectivity index (χ4n) is 2.65. The van der Waals surface area contributed by atoms with Gasteiger partial charge >= 0.3 is 5.97 Å². The fourth-order valence-corrected chi connectivity index (χ4v) is 2.65. The van der Waals surface area contributed by atoms with Crippen molar-refractivity contribution in [3.63, 3.8) is 0 Å². The van der Waals surface area contributed by atoms with Crippen LogP contribution in [0.2, 0.25) is 0 Å². The topological polar surface area (TPSA) is 90.3 Å². The number of nitrogens with zero attached hydrogens (tertiary/aromatic N) is 2. The third kappa shape index (κ3) is 5.19. The van der Waals surface area contributed by atoms with E-state index in [1.165, 1.54) is 23.2 Å². The van der Waals surface area contributed by atoms with Gasteiger partial charge < -0.3 is 10.1 Å². The number of hydrogen-bond acceptors (Lipinski definition) is 5. The monoisotopic (exact) mass is 321 g/mol. The minimum absolute atomic E-state index is 0.0310. The van der Waals surface area contributed by atoms with Gasteiger partial charge in [-0.3, -0.25) is 9.59 Å². The zero-order valence-electron chi connectivity index (χ0n) is 13.4. The standard InChI is InChI=1S/C16H23N3O4/c1-2-10-19-15(21)9-8-13(18-19)16(22)23-11-14(20)17-12-6-4-3-5-7-12/h8-9,12H,2-7,10-11H2,1H3,(H,17,20). The molecule has 1 amide bonds. The first kappa shape index (κ1) is 17.2. The van der Waals surface area contributed by atoms with Gasteiger partial charge in [-0.15, -0.1) is 0 Å². The number of carbonyl (C=O) groups is 2. The molecule has 7 nitrogen and oxygen atoms in total. The van der Waals surface area contributed by atoms with Gasteiger partial charge in [-0.05, 0) is 25.3 Å². The van der Waals surface area contributed by atoms with E-state index >= 15 is 0 Å². The van der Waals surface area contributed by atoms with Crippen molar-refractivity contribution < 1.29 is 14.3 Å². The quantitative estimate of drug-likeness (QED) is 0.797. The first-order valence-electron chi connectivity index (χ1n) is 8.15. The van der Waals surface area contributed by atoms with Crippen LogP contribution in [0.4, 0.5) is 0 Å². The van der Waals surface area contributed by atoms with E-state index in [-0.39, 0.29) is 29.8 Å². The molecule has 0 spiro atoms. The number of hydrogen-bond donors (Lipinski definition) is 1. The molecule has 0 saturated heterocycles. The van der Waals surface area contributed by atoms with Crippen LogP contribution in [0.5, 0.6) is 0 Å². The Hall–Kier alpha value is -2.18. The molecule has 0 radical (unpaired) electrons. The fraction of sp³-hybridized carbons (Fsp3) is 0.625. The largest absolute Gasteiger partial charge is 0.451 e. The Labute approximate surface area is 135 Å². The maximum Gasteiger partial charge on any atom is 0.359 e. The highest BCUT2D eigenvalue weighted by Gasteiger charge is 2.17. The minimum atomic E-state index is -0.700. The number of carbonyl (C=O) groups excluding carboxylic acids is 2. The summed E-state index contributed by atoms with van der Waals surface area (Å²) in [6.07, 6.45) is 6.13. The van der Waals surface area contributed by atoms with Crippen molar-refractivity contribution in [3.8, 4) is 0 Å². The molecule has 2 rings (SSSR count). The summed E-state index contributed by atoms with van der Waals surface area (Å²) in [7, 11) is 0. The van der Waals surface area contributed by atoms with Crippen molar-refractivity contribution in [2.24, 2.45) is 0 Å². The van der Waals surface area contributed by atoms with Crippen LogP contribution in [0.15, 0.2) is 16.9 Å². The number of aryl methyl sites for hydroxylation is 1. The normalized spacial score (nSPS) is 15.2. The molecule has 1 aromatic rings. The molecule has 1 heterocycles. The van der Waals surface area contributed by atoms with E-state index in [2.05, 4.69) is 10.4 Å². The molecular weight excluding hydrogens is 298 g/mol. The highest BCUT2D eigenvalue weighted by atomic mass is 16.5. The second-order valence-corrected chi connectivity index (χ2v) is 5.76. The number of esters is 1. The van der Waals surface area contributed by atoms with Crippen molar-refractivity contribution in [2.45, 2.75) is 58.0 Å². The molecule has 1 aromatic heterocycles. The van der Waals surface area contributed by atoms with E-state index in [1.807, 2.05) is 6.92 Å². The van der Waals surface area contributed by atoms with Gasteiger partial charge in [0.25, 0.3) is 11.5 Å². The Kier molecular flexibility index (Phi) is 6.31. The molecule has 1 aliphatic carbocycles. The maximum atomic E-state index is 11.9. The summed E-state index contributed by atoms with van der Waals surface area (Å²) in [6.45, 7) is 2.01. The van der Waals surface area contributed by atoms with Crippen LogP contribution in [-0.4, -0.2) is 34.3 Å². The van der Waals surface area contributed by atoms with Crippen LogP contribution in [0, 0.1) is 0 Å². The molecule has 0 aromatic carbocycles. The zero-order valence-corrected chi connectivity index (χ0v) is 13.4. The van der Waals surface area contributed by atoms with Gasteiger partial charge in [-0.25, -0.2) is 9.48 Å². The van der Waals surface area contributed by atoms with Gasteiger partial charge in [0.1, 0.15) is 0 Å². The van der Waals surface area contributed by atoms with Crippen molar-refractivity contribution in [3.05, 3.63) is 28.2 Å². The molecule has 1 saturated carbocycles. The van der Waals surface area contributed by atoms with E-state index in [0.29, 0.717) is 6.54 Å². The number of ether oxygens (including phenoxy) is 1. The van der Waals surface area contributed by atoms with E-state index in [9.17, 15) is 14.4 Å². The molecule has 7 heteroatoms. The predicted octanol–water partition coefficient (Wildman–Crippen LogP) is 1.26. The SMILES string of the molecule is CCCn1nc(C(=O)OCC(=O)NC2CCCCC2)ccc1=O. The summed E-state index contributed by atoms with van der Waals surface area (Å²) in [5.41, 5.74) is -0.234. The molecule has 1 aliphatic rings. The first-order valence-corrected chi connectivity index (χ1v) is 8.15. The van der Waals surface area contributed by atoms with Gasteiger partial charge in [-0.1, -0.05) is 26.2 Å². The van der Waals surface area contributed by atoms with Crippen LogP contribution < -0.4 is 10.9 Å². The Balaban J connectivity index is 1.85. The Morgan fingerprint density at radius 2 is 2.04 bits per heavy atom. The summed E-state index contributed by atoms with van der Waals surface area (Å²) in [5.74, 6) is -0.999. The third-order valence-corrected chi connectivity index (χ3v) is 3.82. The van der Waals surface area contributed by atoms with Gasteiger partial charge in [0, 0.05) is 18.7 Å². The summed E-state index contributed by atoms with van der Waals surface area (Å²) in [4.78, 5) is 35.3. The zero-order chi connectivity index (χ0) is 16.7. The van der Waals surface area contributed by atoms with Crippen LogP contribution in [0.1, 0.15) is 55.9 Å². The summed E-state index contributed by atoms with van der Waals surface area (Å²) in [6, 6.07) is 2.77. The number of rotatable bonds is 6. The molecule has 23 heavy (non-hydrogen) atoms. The second kappa shape index (κ2) is 8.45. The Bertz CT molecular complexity index is 606. The summed E-state index contributed by atoms with van der Waals surface area (Å²) in [5, 5.41) is 6.83. The summed E-state index contributed by atoms with van der Waals surface area (Å²) >= 11 is 0. The van der Waals surface area contributed by atoms with E-state index in [0.717, 1.165) is 32.1 Å². The molecule has 126 valence electrons. The van der Waals surface area contributed by atoms with Crippen LogP contribution in [-0.2, 0) is 16.1 Å². The molecule has 0 bridgehead atoms. The van der Waals surface area contributed by atoms with Gasteiger partial charge in [0.15, 0.2) is 12.3 Å². The van der Waals surface area contributed by atoms with Gasteiger partial charge in [-0.2, -0.15) is 5.10 Å². The minimum Gasteiger partial charge on any atom is -0.451 e. The molecule has 0 atom stereocenters. The van der Waals surface area contributed by atoms with Crippen molar-refractivity contribution >= 4 is 11.9 Å². The maximum absolute atomic E-state index is 11.9. The van der Waals surface area contributed by atoms with Gasteiger partial charge in [0.2, 0.25) is 0 Å². The lowest BCUT2D eigenvalue weighted by Crippen LogP contribution is -2.38. The average molecular weight is 321 g/mol. The lowest BCUT2D eigenvalue weighted by molar-refractivity contribution is -0.125. The Morgan fingerprint density at radius 1 is 1.30 bits per heavy atom. The number of aromatic nitrogens is 2. The molecule has 0 aliphatic heterocycles. The Morgan fingerprint density at radius 3 is 2.74 bits per heavy atom. The number of nitrogens with one attached hydrogen (secondary N) is 1. The summed E-state index contributed by atoms with van der Waals surface area (Å²) < 4.78 is 6.20. The lowest BCUT2D eigenvalue weighted by Gasteiger charge is -2.22. The van der Waals surface area contributed by atoms with Gasteiger partial charge in [0.05, 0.1) is 0 Å². The third-order valence-electron chi connectivity index (χ3n) is 3.82. The van der Waals surface area contributed by atoms with Crippen LogP contribution in [0.25, 0.3) is 0 Å². The van der Waals surface area contributed by atoms with E-state index in [4.69, 9.17) is 4.74 Å². The lowest BCUT2D eigenvalue weighted by atomic mass is 9.95. The molecule has 1 fully saturated rings.